The lowest BCUT2D eigenvalue weighted by Crippen LogP contribution is -2.25. The van der Waals surface area contributed by atoms with E-state index in [1.54, 1.807) is 25.6 Å². The third-order valence-corrected chi connectivity index (χ3v) is 8.06. The van der Waals surface area contributed by atoms with E-state index in [0.29, 0.717) is 36.0 Å². The molecule has 13 heteroatoms. The summed E-state index contributed by atoms with van der Waals surface area (Å²) in [5.41, 5.74) is 1.03. The fourth-order valence-corrected chi connectivity index (χ4v) is 5.60. The molecule has 0 bridgehead atoms. The van der Waals surface area contributed by atoms with Crippen molar-refractivity contribution in [1.82, 2.24) is 15.2 Å². The van der Waals surface area contributed by atoms with Gasteiger partial charge in [-0.05, 0) is 24.6 Å². The molecule has 1 amide bonds. The molecule has 0 radical (unpaired) electrons. The quantitative estimate of drug-likeness (QED) is 0.315. The number of thiazole rings is 1. The Balaban J connectivity index is 1.55. The average Bonchev–Trinajstić information content (AvgIpc) is 3.60. The van der Waals surface area contributed by atoms with Gasteiger partial charge in [0.2, 0.25) is 0 Å². The SMILES string of the molecule is COCc1cnc(NC(=O)C(=NOCc2ccn[nH]2)c2ccc(S(=O)(=O)[C@H]3CCOC3)cc2)s1. The molecule has 1 aliphatic rings. The maximum Gasteiger partial charge on any atom is 0.280 e. The number of aromatic nitrogens is 3. The molecule has 1 fully saturated rings. The molecule has 11 nitrogen and oxygen atoms in total. The van der Waals surface area contributed by atoms with E-state index in [9.17, 15) is 13.2 Å². The Hall–Kier alpha value is -3.13. The van der Waals surface area contributed by atoms with E-state index in [-0.39, 0.29) is 23.8 Å². The third-order valence-electron chi connectivity index (χ3n) is 4.99. The lowest BCUT2D eigenvalue weighted by molar-refractivity contribution is -0.110. The Bertz CT molecular complexity index is 1230. The molecule has 0 saturated carbocycles. The van der Waals surface area contributed by atoms with Crippen LogP contribution in [0.5, 0.6) is 0 Å². The minimum Gasteiger partial charge on any atom is -0.389 e. The van der Waals surface area contributed by atoms with Crippen LogP contribution in [0.25, 0.3) is 0 Å². The summed E-state index contributed by atoms with van der Waals surface area (Å²) in [7, 11) is -1.95. The molecule has 34 heavy (non-hydrogen) atoms. The topological polar surface area (TPSA) is 145 Å². The van der Waals surface area contributed by atoms with Crippen molar-refractivity contribution in [3.63, 3.8) is 0 Å². The highest BCUT2D eigenvalue weighted by atomic mass is 32.2. The zero-order valence-corrected chi connectivity index (χ0v) is 19.9. The number of amides is 1. The van der Waals surface area contributed by atoms with Gasteiger partial charge >= 0.3 is 0 Å². The van der Waals surface area contributed by atoms with E-state index in [2.05, 4.69) is 25.7 Å². The molecule has 0 unspecified atom stereocenters. The first-order chi connectivity index (χ1) is 16.5. The summed E-state index contributed by atoms with van der Waals surface area (Å²) >= 11 is 1.27. The number of nitrogens with zero attached hydrogens (tertiary/aromatic N) is 3. The number of H-pyrrole nitrogens is 1. The third kappa shape index (κ3) is 5.67. The molecule has 1 aromatic carbocycles. The zero-order chi connectivity index (χ0) is 24.0. The van der Waals surface area contributed by atoms with Crippen molar-refractivity contribution in [3.8, 4) is 0 Å². The van der Waals surface area contributed by atoms with Gasteiger partial charge in [0.05, 0.1) is 33.9 Å². The van der Waals surface area contributed by atoms with Crippen LogP contribution in [-0.4, -0.2) is 60.8 Å². The summed E-state index contributed by atoms with van der Waals surface area (Å²) in [4.78, 5) is 23.6. The van der Waals surface area contributed by atoms with Crippen molar-refractivity contribution in [3.05, 3.63) is 58.9 Å². The minimum atomic E-state index is -3.53. The molecule has 4 rings (SSSR count). The predicted octanol–water partition coefficient (Wildman–Crippen LogP) is 2.13. The largest absolute Gasteiger partial charge is 0.389 e. The maximum atomic E-state index is 13.0. The van der Waals surface area contributed by atoms with Gasteiger partial charge in [-0.2, -0.15) is 5.10 Å². The van der Waals surface area contributed by atoms with E-state index in [0.717, 1.165) is 4.88 Å². The molecule has 180 valence electrons. The number of rotatable bonds is 10. The first kappa shape index (κ1) is 24.0. The standard InChI is InChI=1S/C21H23N5O6S2/c1-30-12-16-10-22-21(33-16)24-20(27)19(26-32-11-15-6-8-23-25-15)14-2-4-17(5-3-14)34(28,29)18-7-9-31-13-18/h2-6,8,10,18H,7,9,11-13H2,1H3,(H,23,25)(H,22,24,27)/t18-/m0/s1. The second-order valence-electron chi connectivity index (χ2n) is 7.37. The number of ether oxygens (including phenoxy) is 2. The zero-order valence-electron chi connectivity index (χ0n) is 18.3. The smallest absolute Gasteiger partial charge is 0.280 e. The number of aromatic amines is 1. The molecular weight excluding hydrogens is 482 g/mol. The van der Waals surface area contributed by atoms with E-state index in [1.165, 1.54) is 35.6 Å². The van der Waals surface area contributed by atoms with Crippen LogP contribution in [0.1, 0.15) is 22.6 Å². The molecule has 1 atom stereocenters. The van der Waals surface area contributed by atoms with Crippen LogP contribution in [0, 0.1) is 0 Å². The number of hydrogen-bond donors (Lipinski definition) is 2. The second kappa shape index (κ2) is 10.9. The van der Waals surface area contributed by atoms with Crippen molar-refractivity contribution in [2.75, 3.05) is 25.6 Å². The highest BCUT2D eigenvalue weighted by molar-refractivity contribution is 7.92. The molecule has 2 N–H and O–H groups in total. The van der Waals surface area contributed by atoms with E-state index >= 15 is 0 Å². The van der Waals surface area contributed by atoms with Gasteiger partial charge in [0.1, 0.15) is 0 Å². The average molecular weight is 506 g/mol. The van der Waals surface area contributed by atoms with Crippen LogP contribution in [0.2, 0.25) is 0 Å². The van der Waals surface area contributed by atoms with Gasteiger partial charge in [-0.3, -0.25) is 15.2 Å². The molecule has 3 aromatic rings. The molecule has 1 saturated heterocycles. The Morgan fingerprint density at radius 1 is 1.29 bits per heavy atom. The van der Waals surface area contributed by atoms with Crippen LogP contribution < -0.4 is 5.32 Å². The van der Waals surface area contributed by atoms with Gasteiger partial charge < -0.3 is 14.3 Å². The van der Waals surface area contributed by atoms with E-state index < -0.39 is 21.0 Å². The van der Waals surface area contributed by atoms with E-state index in [4.69, 9.17) is 14.3 Å². The van der Waals surface area contributed by atoms with Crippen LogP contribution in [0.4, 0.5) is 5.13 Å². The van der Waals surface area contributed by atoms with E-state index in [1.807, 2.05) is 0 Å². The van der Waals surface area contributed by atoms with Crippen LogP contribution >= 0.6 is 11.3 Å². The fourth-order valence-electron chi connectivity index (χ4n) is 3.24. The molecular formula is C21H23N5O6S2. The normalized spacial score (nSPS) is 16.5. The number of nitrogens with one attached hydrogen (secondary N) is 2. The lowest BCUT2D eigenvalue weighted by Gasteiger charge is -2.11. The highest BCUT2D eigenvalue weighted by Gasteiger charge is 2.31. The number of benzene rings is 1. The summed E-state index contributed by atoms with van der Waals surface area (Å²) in [5.74, 6) is -0.553. The highest BCUT2D eigenvalue weighted by Crippen LogP contribution is 2.23. The van der Waals surface area contributed by atoms with Crippen molar-refractivity contribution >= 4 is 37.9 Å². The molecule has 0 aliphatic carbocycles. The number of hydrogen-bond acceptors (Lipinski definition) is 10. The predicted molar refractivity (Wildman–Crippen MR) is 124 cm³/mol. The Labute approximate surface area is 200 Å². The monoisotopic (exact) mass is 505 g/mol. The van der Waals surface area contributed by atoms with Gasteiger partial charge in [0.15, 0.2) is 27.3 Å². The molecule has 1 aliphatic heterocycles. The van der Waals surface area contributed by atoms with Gasteiger partial charge in [0, 0.05) is 31.7 Å². The lowest BCUT2D eigenvalue weighted by atomic mass is 10.1. The summed E-state index contributed by atoms with van der Waals surface area (Å²) in [5, 5.41) is 13.1. The Morgan fingerprint density at radius 2 is 2.12 bits per heavy atom. The number of sulfone groups is 1. The molecule has 3 heterocycles. The fraction of sp³-hybridized carbons (Fsp3) is 0.333. The summed E-state index contributed by atoms with van der Waals surface area (Å²) < 4.78 is 35.9. The van der Waals surface area contributed by atoms with Gasteiger partial charge in [-0.25, -0.2) is 13.4 Å². The maximum absolute atomic E-state index is 13.0. The summed E-state index contributed by atoms with van der Waals surface area (Å²) in [6.07, 6.45) is 3.64. The molecule has 0 spiro atoms. The van der Waals surface area contributed by atoms with Gasteiger partial charge in [0.25, 0.3) is 5.91 Å². The number of oxime groups is 1. The van der Waals surface area contributed by atoms with Gasteiger partial charge in [-0.15, -0.1) is 0 Å². The van der Waals surface area contributed by atoms with Crippen molar-refractivity contribution < 1.29 is 27.5 Å². The van der Waals surface area contributed by atoms with Crippen LogP contribution in [-0.2, 0) is 42.2 Å². The number of anilines is 1. The Kier molecular flexibility index (Phi) is 7.67. The van der Waals surface area contributed by atoms with Crippen LogP contribution in [0.15, 0.2) is 52.8 Å². The number of carbonyl (C=O) groups excluding carboxylic acids is 1. The van der Waals surface area contributed by atoms with Crippen LogP contribution in [0.3, 0.4) is 0 Å². The number of methoxy groups -OCH3 is 1. The Morgan fingerprint density at radius 3 is 2.79 bits per heavy atom. The minimum absolute atomic E-state index is 0.0313. The molecule has 2 aromatic heterocycles. The van der Waals surface area contributed by atoms with Crippen molar-refractivity contribution in [1.29, 1.82) is 0 Å². The van der Waals surface area contributed by atoms with Crippen molar-refractivity contribution in [2.24, 2.45) is 5.16 Å². The van der Waals surface area contributed by atoms with Gasteiger partial charge in [-0.1, -0.05) is 28.6 Å². The summed E-state index contributed by atoms with van der Waals surface area (Å²) in [6.45, 7) is 1.05. The van der Waals surface area contributed by atoms with Crippen molar-refractivity contribution in [2.45, 2.75) is 29.8 Å². The first-order valence-corrected chi connectivity index (χ1v) is 12.7. The summed E-state index contributed by atoms with van der Waals surface area (Å²) in [6, 6.07) is 7.69. The first-order valence-electron chi connectivity index (χ1n) is 10.3. The second-order valence-corrected chi connectivity index (χ2v) is 10.7. The number of carbonyl (C=O) groups is 1.